The quantitative estimate of drug-likeness (QED) is 0.679. The van der Waals surface area contributed by atoms with Gasteiger partial charge < -0.3 is 8.83 Å². The van der Waals surface area contributed by atoms with Crippen molar-refractivity contribution in [2.24, 2.45) is 0 Å². The van der Waals surface area contributed by atoms with Crippen molar-refractivity contribution < 1.29 is 8.83 Å². The average molecular weight is 305 g/mol. The third-order valence-electron chi connectivity index (χ3n) is 2.74. The van der Waals surface area contributed by atoms with Crippen LogP contribution in [0.1, 0.15) is 5.56 Å². The maximum Gasteiger partial charge on any atom is 0.193 e. The summed E-state index contributed by atoms with van der Waals surface area (Å²) in [5, 5.41) is 0.567. The Morgan fingerprint density at radius 1 is 1.17 bits per heavy atom. The maximum atomic E-state index is 12.1. The van der Waals surface area contributed by atoms with E-state index in [2.05, 4.69) is 15.9 Å². The number of rotatable bonds is 1. The standard InChI is InChI=1S/C14H9BrO3/c1-8-5-9(15)6-10-11(16)7-13(18-14(8)10)12-3-2-4-17-12/h2-7H,1H3. The lowest BCUT2D eigenvalue weighted by molar-refractivity contribution is 0.536. The highest BCUT2D eigenvalue weighted by atomic mass is 79.9. The molecule has 0 spiro atoms. The zero-order valence-electron chi connectivity index (χ0n) is 9.57. The molecule has 0 aliphatic rings. The smallest absolute Gasteiger partial charge is 0.193 e. The van der Waals surface area contributed by atoms with Crippen molar-refractivity contribution in [3.05, 3.63) is 56.9 Å². The van der Waals surface area contributed by atoms with Crippen LogP contribution in [-0.2, 0) is 0 Å². The molecular weight excluding hydrogens is 296 g/mol. The lowest BCUT2D eigenvalue weighted by Gasteiger charge is -2.04. The van der Waals surface area contributed by atoms with Gasteiger partial charge >= 0.3 is 0 Å². The Kier molecular flexibility index (Phi) is 2.59. The molecule has 2 aromatic heterocycles. The predicted octanol–water partition coefficient (Wildman–Crippen LogP) is 4.12. The van der Waals surface area contributed by atoms with Gasteiger partial charge in [0.15, 0.2) is 16.9 Å². The Hall–Kier alpha value is -1.81. The molecule has 0 bridgehead atoms. The minimum atomic E-state index is -0.0768. The molecule has 0 fully saturated rings. The molecule has 90 valence electrons. The number of hydrogen-bond donors (Lipinski definition) is 0. The fraction of sp³-hybridized carbons (Fsp3) is 0.0714. The third kappa shape index (κ3) is 1.78. The monoisotopic (exact) mass is 304 g/mol. The van der Waals surface area contributed by atoms with E-state index >= 15 is 0 Å². The van der Waals surface area contributed by atoms with E-state index in [0.717, 1.165) is 10.0 Å². The molecule has 18 heavy (non-hydrogen) atoms. The summed E-state index contributed by atoms with van der Waals surface area (Å²) >= 11 is 3.38. The van der Waals surface area contributed by atoms with Gasteiger partial charge in [0.2, 0.25) is 0 Å². The first-order valence-corrected chi connectivity index (χ1v) is 6.22. The van der Waals surface area contributed by atoms with Gasteiger partial charge in [-0.1, -0.05) is 15.9 Å². The number of aryl methyl sites for hydroxylation is 1. The highest BCUT2D eigenvalue weighted by Crippen LogP contribution is 2.26. The number of benzene rings is 1. The van der Waals surface area contributed by atoms with E-state index in [1.807, 2.05) is 13.0 Å². The van der Waals surface area contributed by atoms with Crippen molar-refractivity contribution in [3.8, 4) is 11.5 Å². The fourth-order valence-corrected chi connectivity index (χ4v) is 2.50. The molecule has 3 rings (SSSR count). The van der Waals surface area contributed by atoms with Crippen LogP contribution >= 0.6 is 15.9 Å². The van der Waals surface area contributed by atoms with Crippen molar-refractivity contribution >= 4 is 26.9 Å². The van der Waals surface area contributed by atoms with Gasteiger partial charge in [0.25, 0.3) is 0 Å². The van der Waals surface area contributed by atoms with Gasteiger partial charge in [0, 0.05) is 10.5 Å². The Morgan fingerprint density at radius 2 is 2.00 bits per heavy atom. The molecule has 0 saturated heterocycles. The third-order valence-corrected chi connectivity index (χ3v) is 3.20. The summed E-state index contributed by atoms with van der Waals surface area (Å²) in [4.78, 5) is 12.1. The van der Waals surface area contributed by atoms with Crippen LogP contribution in [0.5, 0.6) is 0 Å². The van der Waals surface area contributed by atoms with E-state index in [-0.39, 0.29) is 5.43 Å². The number of halogens is 1. The topological polar surface area (TPSA) is 43.4 Å². The van der Waals surface area contributed by atoms with Crippen LogP contribution in [0.15, 0.2) is 54.7 Å². The SMILES string of the molecule is Cc1cc(Br)cc2c(=O)cc(-c3ccco3)oc12. The van der Waals surface area contributed by atoms with Crippen LogP contribution < -0.4 is 5.43 Å². The molecule has 4 heteroatoms. The van der Waals surface area contributed by atoms with E-state index in [0.29, 0.717) is 22.5 Å². The average Bonchev–Trinajstić information content (AvgIpc) is 2.83. The van der Waals surface area contributed by atoms with Crippen LogP contribution in [0, 0.1) is 6.92 Å². The van der Waals surface area contributed by atoms with Crippen LogP contribution in [-0.4, -0.2) is 0 Å². The molecule has 0 aliphatic carbocycles. The van der Waals surface area contributed by atoms with E-state index in [1.165, 1.54) is 6.07 Å². The maximum absolute atomic E-state index is 12.1. The summed E-state index contributed by atoms with van der Waals surface area (Å²) in [7, 11) is 0. The molecule has 3 aromatic rings. The Bertz CT molecular complexity index is 770. The molecule has 0 atom stereocenters. The minimum absolute atomic E-state index is 0.0768. The second-order valence-corrected chi connectivity index (χ2v) is 4.97. The lowest BCUT2D eigenvalue weighted by atomic mass is 10.1. The lowest BCUT2D eigenvalue weighted by Crippen LogP contribution is -2.01. The minimum Gasteiger partial charge on any atom is -0.461 e. The first-order chi connectivity index (χ1) is 8.65. The van der Waals surface area contributed by atoms with Crippen molar-refractivity contribution in [1.29, 1.82) is 0 Å². The van der Waals surface area contributed by atoms with E-state index in [9.17, 15) is 4.79 Å². The van der Waals surface area contributed by atoms with Gasteiger partial charge in [0.1, 0.15) is 5.58 Å². The van der Waals surface area contributed by atoms with Crippen LogP contribution in [0.4, 0.5) is 0 Å². The Labute approximate surface area is 111 Å². The van der Waals surface area contributed by atoms with Gasteiger partial charge in [-0.2, -0.15) is 0 Å². The molecule has 0 saturated carbocycles. The number of furan rings is 1. The largest absolute Gasteiger partial charge is 0.461 e. The molecular formula is C14H9BrO3. The summed E-state index contributed by atoms with van der Waals surface area (Å²) in [6.07, 6.45) is 1.55. The molecule has 0 amide bonds. The summed E-state index contributed by atoms with van der Waals surface area (Å²) in [5.41, 5.74) is 1.43. The van der Waals surface area contributed by atoms with Crippen molar-refractivity contribution in [2.75, 3.05) is 0 Å². The molecule has 1 aromatic carbocycles. The van der Waals surface area contributed by atoms with Gasteiger partial charge in [-0.3, -0.25) is 4.79 Å². The molecule has 0 aliphatic heterocycles. The molecule has 0 N–H and O–H groups in total. The van der Waals surface area contributed by atoms with Crippen LogP contribution in [0.3, 0.4) is 0 Å². The van der Waals surface area contributed by atoms with Crippen molar-refractivity contribution in [1.82, 2.24) is 0 Å². The van der Waals surface area contributed by atoms with E-state index in [1.54, 1.807) is 24.5 Å². The van der Waals surface area contributed by atoms with E-state index < -0.39 is 0 Å². The second kappa shape index (κ2) is 4.14. The number of hydrogen-bond acceptors (Lipinski definition) is 3. The zero-order chi connectivity index (χ0) is 12.7. The van der Waals surface area contributed by atoms with Gasteiger partial charge in [-0.15, -0.1) is 0 Å². The molecule has 3 nitrogen and oxygen atoms in total. The van der Waals surface area contributed by atoms with Crippen molar-refractivity contribution in [3.63, 3.8) is 0 Å². The van der Waals surface area contributed by atoms with E-state index in [4.69, 9.17) is 8.83 Å². The fourth-order valence-electron chi connectivity index (χ4n) is 1.92. The highest BCUT2D eigenvalue weighted by molar-refractivity contribution is 9.10. The zero-order valence-corrected chi connectivity index (χ0v) is 11.2. The number of fused-ring (bicyclic) bond motifs is 1. The molecule has 0 unspecified atom stereocenters. The first kappa shape index (κ1) is 11.3. The molecule has 0 radical (unpaired) electrons. The molecule has 2 heterocycles. The van der Waals surface area contributed by atoms with Crippen LogP contribution in [0.25, 0.3) is 22.5 Å². The highest BCUT2D eigenvalue weighted by Gasteiger charge is 2.11. The van der Waals surface area contributed by atoms with Crippen LogP contribution in [0.2, 0.25) is 0 Å². The Balaban J connectivity index is 2.38. The van der Waals surface area contributed by atoms with Gasteiger partial charge in [-0.25, -0.2) is 0 Å². The predicted molar refractivity (Wildman–Crippen MR) is 72.6 cm³/mol. The first-order valence-electron chi connectivity index (χ1n) is 5.43. The summed E-state index contributed by atoms with van der Waals surface area (Å²) in [5.74, 6) is 0.999. The van der Waals surface area contributed by atoms with Crippen molar-refractivity contribution in [2.45, 2.75) is 6.92 Å². The summed E-state index contributed by atoms with van der Waals surface area (Å²) in [6, 6.07) is 8.65. The van der Waals surface area contributed by atoms with Gasteiger partial charge in [-0.05, 0) is 36.8 Å². The summed E-state index contributed by atoms with van der Waals surface area (Å²) < 4.78 is 11.9. The van der Waals surface area contributed by atoms with Gasteiger partial charge in [0.05, 0.1) is 11.6 Å². The second-order valence-electron chi connectivity index (χ2n) is 4.05. The normalized spacial score (nSPS) is 11.0. The summed E-state index contributed by atoms with van der Waals surface area (Å²) in [6.45, 7) is 1.90. The Morgan fingerprint density at radius 3 is 2.72 bits per heavy atom.